The number of amides is 2. The number of imidazole rings is 1. The van der Waals surface area contributed by atoms with Gasteiger partial charge in [-0.1, -0.05) is 6.07 Å². The Hall–Kier alpha value is -4.32. The van der Waals surface area contributed by atoms with Gasteiger partial charge in [0.05, 0.1) is 48.4 Å². The molecule has 12 heteroatoms. The third-order valence-electron chi connectivity index (χ3n) is 7.67. The number of hydrogen-bond acceptors (Lipinski definition) is 5. The second-order valence-corrected chi connectivity index (χ2v) is 10.3. The molecule has 0 radical (unpaired) electrons. The van der Waals surface area contributed by atoms with E-state index in [0.717, 1.165) is 16.2 Å². The number of aromatic nitrogens is 3. The maximum Gasteiger partial charge on any atom is 0.320 e. The first kappa shape index (κ1) is 24.7. The molecule has 40 heavy (non-hydrogen) atoms. The van der Waals surface area contributed by atoms with Gasteiger partial charge in [0, 0.05) is 49.5 Å². The normalized spacial score (nSPS) is 19.3. The van der Waals surface area contributed by atoms with Gasteiger partial charge in [-0.25, -0.2) is 22.9 Å². The van der Waals surface area contributed by atoms with Crippen LogP contribution in [0.2, 0.25) is 0 Å². The molecule has 3 aliphatic rings. The quantitative estimate of drug-likeness (QED) is 0.414. The molecule has 3 aromatic heterocycles. The van der Waals surface area contributed by atoms with E-state index in [2.05, 4.69) is 10.3 Å². The molecule has 3 aliphatic heterocycles. The summed E-state index contributed by atoms with van der Waals surface area (Å²) < 4.78 is 52.1. The number of alkyl halides is 2. The summed E-state index contributed by atoms with van der Waals surface area (Å²) in [7, 11) is 0. The Morgan fingerprint density at radius 3 is 2.88 bits per heavy atom. The average molecular weight is 551 g/mol. The number of carbonyl (C=O) groups excluding carboxylic acids is 2. The van der Waals surface area contributed by atoms with Crippen molar-refractivity contribution in [3.8, 4) is 0 Å². The molecule has 4 aromatic rings. The minimum atomic E-state index is -3.14. The van der Waals surface area contributed by atoms with E-state index < -0.39 is 30.9 Å². The molecule has 6 heterocycles. The maximum absolute atomic E-state index is 15.1. The van der Waals surface area contributed by atoms with Crippen LogP contribution in [0.25, 0.3) is 27.8 Å². The minimum absolute atomic E-state index is 0.0226. The van der Waals surface area contributed by atoms with Crippen molar-refractivity contribution in [3.63, 3.8) is 0 Å². The van der Waals surface area contributed by atoms with Gasteiger partial charge >= 0.3 is 6.03 Å². The smallest absolute Gasteiger partial charge is 0.320 e. The van der Waals surface area contributed by atoms with Gasteiger partial charge in [-0.2, -0.15) is 0 Å². The van der Waals surface area contributed by atoms with Crippen LogP contribution in [0.4, 0.5) is 18.0 Å². The SMILES string of the molecule is O=C1CNC(c2cnc3ccccn23)=C1c1cn2c3c(cc(F)cc13)CN(C(=O)N1CCOCC(F)(F)C1)CC2. The van der Waals surface area contributed by atoms with E-state index in [4.69, 9.17) is 4.74 Å². The highest BCUT2D eigenvalue weighted by atomic mass is 19.3. The van der Waals surface area contributed by atoms with E-state index >= 15 is 4.39 Å². The van der Waals surface area contributed by atoms with Gasteiger partial charge in [-0.15, -0.1) is 0 Å². The molecule has 0 bridgehead atoms. The van der Waals surface area contributed by atoms with E-state index in [1.807, 2.05) is 39.6 Å². The van der Waals surface area contributed by atoms with Crippen LogP contribution in [0, 0.1) is 5.82 Å². The lowest BCUT2D eigenvalue weighted by Gasteiger charge is -2.30. The number of halogens is 3. The van der Waals surface area contributed by atoms with Gasteiger partial charge in [0.25, 0.3) is 5.92 Å². The number of ether oxygens (including phenoxy) is 1. The highest BCUT2D eigenvalue weighted by Gasteiger charge is 2.38. The van der Waals surface area contributed by atoms with E-state index in [-0.39, 0.29) is 38.6 Å². The molecule has 0 aliphatic carbocycles. The molecule has 1 saturated heterocycles. The topological polar surface area (TPSA) is 84.1 Å². The van der Waals surface area contributed by atoms with Crippen molar-refractivity contribution < 1.29 is 27.5 Å². The fraction of sp³-hybridized carbons (Fsp3) is 0.321. The first-order valence-electron chi connectivity index (χ1n) is 13.0. The van der Waals surface area contributed by atoms with Crippen LogP contribution in [0.1, 0.15) is 16.8 Å². The summed E-state index contributed by atoms with van der Waals surface area (Å²) in [6, 6.07) is 7.85. The molecule has 0 unspecified atom stereocenters. The number of ketones is 1. The van der Waals surface area contributed by atoms with E-state index in [9.17, 15) is 18.4 Å². The first-order chi connectivity index (χ1) is 19.3. The number of nitrogens with zero attached hydrogens (tertiary/aromatic N) is 5. The van der Waals surface area contributed by atoms with Gasteiger partial charge in [0.2, 0.25) is 0 Å². The zero-order chi connectivity index (χ0) is 27.6. The number of nitrogens with one attached hydrogen (secondary N) is 1. The highest BCUT2D eigenvalue weighted by Crippen LogP contribution is 2.38. The Bertz CT molecular complexity index is 1720. The van der Waals surface area contributed by atoms with E-state index in [0.29, 0.717) is 39.8 Å². The number of pyridine rings is 1. The molecule has 2 amide bonds. The Morgan fingerprint density at radius 2 is 2.00 bits per heavy atom. The Labute approximate surface area is 226 Å². The molecular weight excluding hydrogens is 525 g/mol. The van der Waals surface area contributed by atoms with Crippen molar-refractivity contribution >= 4 is 39.6 Å². The average Bonchev–Trinajstić information content (AvgIpc) is 3.54. The standard InChI is InChI=1S/C28H25F3N6O3/c29-18-9-17-13-35(27(39)36-7-8-40-16-28(30,31)15-36)6-5-34-14-20(19(10-18)26(17)34)24-22(38)12-33-25(24)21-11-32-23-3-1-2-4-37(21)23/h1-4,9-11,14,33H,5-8,12-13,15-16H2. The van der Waals surface area contributed by atoms with Crippen molar-refractivity contribution in [3.05, 3.63) is 71.6 Å². The number of urea groups is 1. The molecule has 9 nitrogen and oxygen atoms in total. The van der Waals surface area contributed by atoms with E-state index in [1.165, 1.54) is 17.0 Å². The van der Waals surface area contributed by atoms with Gasteiger partial charge in [0.15, 0.2) is 5.78 Å². The summed E-state index contributed by atoms with van der Waals surface area (Å²) >= 11 is 0. The predicted molar refractivity (Wildman–Crippen MR) is 140 cm³/mol. The van der Waals surface area contributed by atoms with E-state index in [1.54, 1.807) is 6.20 Å². The molecule has 0 saturated carbocycles. The number of Topliss-reactive ketones (excluding diaryl/α,β-unsaturated/α-hetero) is 1. The van der Waals surface area contributed by atoms with Gasteiger partial charge in [-0.3, -0.25) is 9.20 Å². The minimum Gasteiger partial charge on any atom is -0.375 e. The van der Waals surface area contributed by atoms with Crippen LogP contribution in [-0.4, -0.2) is 80.9 Å². The summed E-state index contributed by atoms with van der Waals surface area (Å²) in [5.41, 5.74) is 4.36. The summed E-state index contributed by atoms with van der Waals surface area (Å²) in [6.45, 7) is -0.655. The number of benzene rings is 1. The summed E-state index contributed by atoms with van der Waals surface area (Å²) in [5, 5.41) is 3.76. The van der Waals surface area contributed by atoms with Crippen molar-refractivity contribution in [2.75, 3.05) is 39.4 Å². The van der Waals surface area contributed by atoms with Crippen molar-refractivity contribution in [2.24, 2.45) is 0 Å². The number of hydrogen-bond donors (Lipinski definition) is 1. The van der Waals surface area contributed by atoms with Gasteiger partial charge < -0.3 is 24.4 Å². The second-order valence-electron chi connectivity index (χ2n) is 10.3. The summed E-state index contributed by atoms with van der Waals surface area (Å²) in [6.07, 6.45) is 5.38. The Balaban J connectivity index is 1.30. The molecule has 0 spiro atoms. The Morgan fingerprint density at radius 1 is 1.12 bits per heavy atom. The highest BCUT2D eigenvalue weighted by molar-refractivity contribution is 6.33. The lowest BCUT2D eigenvalue weighted by Crippen LogP contribution is -2.48. The van der Waals surface area contributed by atoms with Crippen molar-refractivity contribution in [1.29, 1.82) is 0 Å². The third kappa shape index (κ3) is 4.01. The van der Waals surface area contributed by atoms with Crippen LogP contribution >= 0.6 is 0 Å². The maximum atomic E-state index is 15.1. The zero-order valence-corrected chi connectivity index (χ0v) is 21.4. The molecule has 1 fully saturated rings. The molecular formula is C28H25F3N6O3. The van der Waals surface area contributed by atoms with Gasteiger partial charge in [0.1, 0.15) is 18.1 Å². The van der Waals surface area contributed by atoms with Crippen molar-refractivity contribution in [2.45, 2.75) is 19.0 Å². The van der Waals surface area contributed by atoms with Crippen LogP contribution in [0.5, 0.6) is 0 Å². The van der Waals surface area contributed by atoms with Gasteiger partial charge in [-0.05, 0) is 29.8 Å². The molecule has 1 N–H and O–H groups in total. The summed E-state index contributed by atoms with van der Waals surface area (Å²) in [4.78, 5) is 33.6. The Kier molecular flexibility index (Phi) is 5.63. The fourth-order valence-electron chi connectivity index (χ4n) is 5.93. The monoisotopic (exact) mass is 550 g/mol. The number of fused-ring (bicyclic) bond motifs is 1. The number of carbonyl (C=O) groups is 2. The fourth-order valence-corrected chi connectivity index (χ4v) is 5.93. The van der Waals surface area contributed by atoms with Crippen LogP contribution in [-0.2, 0) is 22.6 Å². The lowest BCUT2D eigenvalue weighted by atomic mass is 9.99. The molecule has 1 aromatic carbocycles. The molecule has 0 atom stereocenters. The zero-order valence-electron chi connectivity index (χ0n) is 21.4. The first-order valence-corrected chi connectivity index (χ1v) is 13.0. The summed E-state index contributed by atoms with van der Waals surface area (Å²) in [5.74, 6) is -3.77. The third-order valence-corrected chi connectivity index (χ3v) is 7.67. The number of rotatable bonds is 2. The molecule has 7 rings (SSSR count). The predicted octanol–water partition coefficient (Wildman–Crippen LogP) is 3.37. The van der Waals surface area contributed by atoms with Crippen molar-refractivity contribution in [1.82, 2.24) is 29.1 Å². The molecule has 206 valence electrons. The van der Waals surface area contributed by atoms with Crippen LogP contribution in [0.3, 0.4) is 0 Å². The van der Waals surface area contributed by atoms with Crippen LogP contribution in [0.15, 0.2) is 48.9 Å². The second kappa shape index (κ2) is 9.12. The van der Waals surface area contributed by atoms with Crippen LogP contribution < -0.4 is 5.32 Å². The lowest BCUT2D eigenvalue weighted by molar-refractivity contribution is -0.112. The largest absolute Gasteiger partial charge is 0.375 e.